The molecule has 1 aromatic rings. The SMILES string of the molecule is [c]1cccc(C23CC4CC(CC(C4)C2)C3)c1C12CC3CC(CC(C3)C1)C2. The van der Waals surface area contributed by atoms with Crippen molar-refractivity contribution in [3.05, 3.63) is 35.4 Å². The predicted octanol–water partition coefficient (Wildman–Crippen LogP) is 6.42. The van der Waals surface area contributed by atoms with Crippen LogP contribution in [0.4, 0.5) is 0 Å². The zero-order valence-corrected chi connectivity index (χ0v) is 16.2. The van der Waals surface area contributed by atoms with Crippen molar-refractivity contribution >= 4 is 0 Å². The van der Waals surface area contributed by atoms with E-state index in [9.17, 15) is 0 Å². The van der Waals surface area contributed by atoms with Gasteiger partial charge in [-0.1, -0.05) is 18.2 Å². The summed E-state index contributed by atoms with van der Waals surface area (Å²) in [6.07, 6.45) is 18.4. The second kappa shape index (κ2) is 4.98. The summed E-state index contributed by atoms with van der Waals surface area (Å²) < 4.78 is 0. The van der Waals surface area contributed by atoms with Crippen LogP contribution in [0.3, 0.4) is 0 Å². The van der Waals surface area contributed by atoms with Crippen molar-refractivity contribution in [1.29, 1.82) is 0 Å². The predicted molar refractivity (Wildman–Crippen MR) is 105 cm³/mol. The maximum atomic E-state index is 3.92. The molecule has 137 valence electrons. The van der Waals surface area contributed by atoms with Crippen molar-refractivity contribution in [2.45, 2.75) is 87.9 Å². The van der Waals surface area contributed by atoms with Crippen LogP contribution in [-0.4, -0.2) is 0 Å². The van der Waals surface area contributed by atoms with Crippen LogP contribution in [0.2, 0.25) is 0 Å². The molecule has 0 saturated heterocycles. The summed E-state index contributed by atoms with van der Waals surface area (Å²) in [6, 6.07) is 11.1. The first-order valence-electron chi connectivity index (χ1n) is 11.7. The number of hydrogen-bond donors (Lipinski definition) is 0. The third kappa shape index (κ3) is 1.97. The summed E-state index contributed by atoms with van der Waals surface area (Å²) in [5.74, 6) is 6.26. The monoisotopic (exact) mass is 345 g/mol. The van der Waals surface area contributed by atoms with Crippen molar-refractivity contribution in [2.24, 2.45) is 35.5 Å². The van der Waals surface area contributed by atoms with Gasteiger partial charge in [0.05, 0.1) is 0 Å². The highest BCUT2D eigenvalue weighted by atomic mass is 14.6. The molecule has 26 heavy (non-hydrogen) atoms. The lowest BCUT2D eigenvalue weighted by atomic mass is 9.44. The lowest BCUT2D eigenvalue weighted by Gasteiger charge is -2.60. The standard InChI is InChI=1S/C26H33/c1-2-4-24(26-14-20-8-21(15-26)10-22(9-20)16-26)23(3-1)25-11-17-5-18(12-25)7-19(6-17)13-25/h1-3,17-22H,5-16H2. The van der Waals surface area contributed by atoms with Gasteiger partial charge >= 0.3 is 0 Å². The van der Waals surface area contributed by atoms with E-state index >= 15 is 0 Å². The van der Waals surface area contributed by atoms with Crippen LogP contribution in [0.5, 0.6) is 0 Å². The molecule has 0 atom stereocenters. The highest BCUT2D eigenvalue weighted by molar-refractivity contribution is 5.42. The first-order chi connectivity index (χ1) is 12.7. The Kier molecular flexibility index (Phi) is 2.91. The van der Waals surface area contributed by atoms with Gasteiger partial charge in [0.15, 0.2) is 0 Å². The van der Waals surface area contributed by atoms with Crippen molar-refractivity contribution in [3.8, 4) is 0 Å². The normalized spacial score (nSPS) is 53.4. The first-order valence-corrected chi connectivity index (χ1v) is 11.7. The van der Waals surface area contributed by atoms with Gasteiger partial charge in [-0.15, -0.1) is 0 Å². The van der Waals surface area contributed by atoms with Gasteiger partial charge in [-0.2, -0.15) is 0 Å². The fraction of sp³-hybridized carbons (Fsp3) is 0.769. The molecule has 1 aromatic carbocycles. The van der Waals surface area contributed by atoms with E-state index in [4.69, 9.17) is 0 Å². The Labute approximate surface area is 159 Å². The van der Waals surface area contributed by atoms with E-state index in [0.717, 1.165) is 35.5 Å². The van der Waals surface area contributed by atoms with E-state index in [1.54, 1.807) is 49.7 Å². The topological polar surface area (TPSA) is 0 Å². The summed E-state index contributed by atoms with van der Waals surface area (Å²) in [4.78, 5) is 0. The van der Waals surface area contributed by atoms with Crippen molar-refractivity contribution in [2.75, 3.05) is 0 Å². The van der Waals surface area contributed by atoms with Gasteiger partial charge in [0.25, 0.3) is 0 Å². The number of benzene rings is 1. The van der Waals surface area contributed by atoms with Gasteiger partial charge in [-0.25, -0.2) is 0 Å². The molecule has 0 N–H and O–H groups in total. The maximum Gasteiger partial charge on any atom is -0.00300 e. The van der Waals surface area contributed by atoms with Crippen molar-refractivity contribution in [1.82, 2.24) is 0 Å². The van der Waals surface area contributed by atoms with E-state index in [-0.39, 0.29) is 0 Å². The summed E-state index contributed by atoms with van der Waals surface area (Å²) in [6.45, 7) is 0. The molecule has 0 heteroatoms. The number of rotatable bonds is 2. The minimum atomic E-state index is 0.522. The minimum absolute atomic E-state index is 0.522. The maximum absolute atomic E-state index is 3.92. The molecule has 8 bridgehead atoms. The molecule has 8 saturated carbocycles. The molecule has 8 fully saturated rings. The average molecular weight is 346 g/mol. The second-order valence-electron chi connectivity index (χ2n) is 11.9. The summed E-state index contributed by atoms with van der Waals surface area (Å²) in [5.41, 5.74) is 4.61. The van der Waals surface area contributed by atoms with Crippen LogP contribution < -0.4 is 0 Å². The molecule has 1 radical (unpaired) electrons. The van der Waals surface area contributed by atoms with E-state index in [1.807, 2.05) is 0 Å². The Morgan fingerprint density at radius 3 is 1.50 bits per heavy atom. The smallest absolute Gasteiger partial charge is 0.00300 e. The van der Waals surface area contributed by atoms with Crippen molar-refractivity contribution in [3.63, 3.8) is 0 Å². The summed E-state index contributed by atoms with van der Waals surface area (Å²) in [5, 5.41) is 0. The molecule has 8 aliphatic carbocycles. The molecule has 8 aliphatic rings. The molecular weight excluding hydrogens is 312 g/mol. The molecule has 9 rings (SSSR count). The molecule has 0 nitrogen and oxygen atoms in total. The molecule has 0 aliphatic heterocycles. The van der Waals surface area contributed by atoms with Crippen molar-refractivity contribution < 1.29 is 0 Å². The van der Waals surface area contributed by atoms with Gasteiger partial charge in [-0.05, 0) is 141 Å². The van der Waals surface area contributed by atoms with Crippen LogP contribution in [-0.2, 0) is 10.8 Å². The van der Waals surface area contributed by atoms with Crippen LogP contribution in [0, 0.1) is 41.6 Å². The quantitative estimate of drug-likeness (QED) is 0.580. The molecule has 0 unspecified atom stereocenters. The highest BCUT2D eigenvalue weighted by Crippen LogP contribution is 2.65. The zero-order chi connectivity index (χ0) is 16.9. The minimum Gasteiger partial charge on any atom is -0.0613 e. The van der Waals surface area contributed by atoms with Gasteiger partial charge < -0.3 is 0 Å². The summed E-state index contributed by atoms with van der Waals surface area (Å²) in [7, 11) is 0. The van der Waals surface area contributed by atoms with E-state index < -0.39 is 0 Å². The Morgan fingerprint density at radius 1 is 0.615 bits per heavy atom. The lowest BCUT2D eigenvalue weighted by Crippen LogP contribution is -2.52. The molecular formula is C26H33. The van der Waals surface area contributed by atoms with Crippen LogP contribution in [0.15, 0.2) is 18.2 Å². The Bertz CT molecular complexity index is 607. The van der Waals surface area contributed by atoms with E-state index in [1.165, 1.54) is 38.5 Å². The van der Waals surface area contributed by atoms with Gasteiger partial charge in [0, 0.05) is 0 Å². The molecule has 0 heterocycles. The van der Waals surface area contributed by atoms with Crippen LogP contribution >= 0.6 is 0 Å². The molecule has 0 amide bonds. The van der Waals surface area contributed by atoms with E-state index in [0.29, 0.717) is 10.8 Å². The third-order valence-corrected chi connectivity index (χ3v) is 10.0. The largest absolute Gasteiger partial charge is 0.0613 e. The van der Waals surface area contributed by atoms with Crippen LogP contribution in [0.1, 0.15) is 88.2 Å². The fourth-order valence-corrected chi connectivity index (χ4v) is 10.2. The first kappa shape index (κ1) is 15.2. The summed E-state index contributed by atoms with van der Waals surface area (Å²) >= 11 is 0. The highest BCUT2D eigenvalue weighted by Gasteiger charge is 2.56. The Morgan fingerprint density at radius 2 is 1.04 bits per heavy atom. The van der Waals surface area contributed by atoms with Gasteiger partial charge in [0.1, 0.15) is 0 Å². The Balaban J connectivity index is 1.36. The average Bonchev–Trinajstić information content (AvgIpc) is 2.59. The van der Waals surface area contributed by atoms with Gasteiger partial charge in [0.2, 0.25) is 0 Å². The third-order valence-electron chi connectivity index (χ3n) is 10.0. The molecule has 0 spiro atoms. The fourth-order valence-electron chi connectivity index (χ4n) is 10.2. The molecule has 0 aromatic heterocycles. The Hall–Kier alpha value is -0.780. The van der Waals surface area contributed by atoms with Crippen LogP contribution in [0.25, 0.3) is 0 Å². The lowest BCUT2D eigenvalue weighted by molar-refractivity contribution is -0.0175. The zero-order valence-electron chi connectivity index (χ0n) is 16.2. The number of hydrogen-bond acceptors (Lipinski definition) is 0. The van der Waals surface area contributed by atoms with Gasteiger partial charge in [-0.3, -0.25) is 0 Å². The van der Waals surface area contributed by atoms with E-state index in [2.05, 4.69) is 24.3 Å². The second-order valence-corrected chi connectivity index (χ2v) is 11.9.